The first kappa shape index (κ1) is 14.3. The molecule has 0 aliphatic rings. The summed E-state index contributed by atoms with van der Waals surface area (Å²) in [5, 5.41) is 0.664. The average Bonchev–Trinajstić information content (AvgIpc) is 2.43. The summed E-state index contributed by atoms with van der Waals surface area (Å²) in [7, 11) is 0. The summed E-state index contributed by atoms with van der Waals surface area (Å²) >= 11 is 12.1. The van der Waals surface area contributed by atoms with E-state index in [2.05, 4.69) is 4.98 Å². The van der Waals surface area contributed by atoms with Gasteiger partial charge in [0, 0.05) is 18.3 Å². The van der Waals surface area contributed by atoms with Crippen LogP contribution >= 0.6 is 23.2 Å². The van der Waals surface area contributed by atoms with E-state index in [0.29, 0.717) is 10.9 Å². The molecule has 1 unspecified atom stereocenters. The van der Waals surface area contributed by atoms with Gasteiger partial charge in [0.2, 0.25) is 0 Å². The molecular weight excluding hydrogens is 284 g/mol. The molecule has 100 valence electrons. The van der Waals surface area contributed by atoms with Crippen molar-refractivity contribution in [1.82, 2.24) is 4.98 Å². The van der Waals surface area contributed by atoms with Crippen molar-refractivity contribution in [3.63, 3.8) is 0 Å². The molecule has 0 saturated carbocycles. The minimum absolute atomic E-state index is 0.219. The highest BCUT2D eigenvalue weighted by Crippen LogP contribution is 2.21. The fourth-order valence-electron chi connectivity index (χ4n) is 2.02. The van der Waals surface area contributed by atoms with Crippen molar-refractivity contribution in [3.8, 4) is 0 Å². The molecule has 1 aromatic carbocycles. The van der Waals surface area contributed by atoms with E-state index in [4.69, 9.17) is 23.2 Å². The van der Waals surface area contributed by atoms with Gasteiger partial charge < -0.3 is 0 Å². The molecule has 0 amide bonds. The zero-order valence-corrected chi connectivity index (χ0v) is 11.8. The maximum absolute atomic E-state index is 12.9. The maximum Gasteiger partial charge on any atom is 0.123 e. The second kappa shape index (κ2) is 6.88. The van der Waals surface area contributed by atoms with Crippen LogP contribution in [0, 0.1) is 11.7 Å². The minimum Gasteiger partial charge on any atom is -0.263 e. The third-order valence-corrected chi connectivity index (χ3v) is 3.80. The second-order valence-corrected chi connectivity index (χ2v) is 5.24. The highest BCUT2D eigenvalue weighted by molar-refractivity contribution is 6.31. The summed E-state index contributed by atoms with van der Waals surface area (Å²) in [6.07, 6.45) is 4.97. The van der Waals surface area contributed by atoms with Crippen molar-refractivity contribution < 1.29 is 4.39 Å². The molecule has 0 aliphatic heterocycles. The Morgan fingerprint density at radius 2 is 1.84 bits per heavy atom. The smallest absolute Gasteiger partial charge is 0.123 e. The molecule has 0 radical (unpaired) electrons. The van der Waals surface area contributed by atoms with Crippen LogP contribution in [0.15, 0.2) is 42.7 Å². The predicted octanol–water partition coefficient (Wildman–Crippen LogP) is 4.51. The van der Waals surface area contributed by atoms with E-state index in [1.165, 1.54) is 12.1 Å². The summed E-state index contributed by atoms with van der Waals surface area (Å²) in [5.41, 5.74) is 2.13. The molecule has 0 saturated heterocycles. The highest BCUT2D eigenvalue weighted by Gasteiger charge is 2.12. The number of benzene rings is 1. The number of alkyl halides is 1. The van der Waals surface area contributed by atoms with Crippen LogP contribution in [-0.4, -0.2) is 10.9 Å². The number of rotatable bonds is 5. The molecule has 2 rings (SSSR count). The molecule has 0 bridgehead atoms. The fourth-order valence-corrected chi connectivity index (χ4v) is 2.43. The molecule has 2 aromatic rings. The van der Waals surface area contributed by atoms with Gasteiger partial charge in [0.15, 0.2) is 0 Å². The molecule has 0 fully saturated rings. The van der Waals surface area contributed by atoms with Crippen LogP contribution in [0.5, 0.6) is 0 Å². The van der Waals surface area contributed by atoms with E-state index in [9.17, 15) is 4.39 Å². The monoisotopic (exact) mass is 297 g/mol. The Kier molecular flexibility index (Phi) is 5.17. The first-order valence-corrected chi connectivity index (χ1v) is 6.99. The molecule has 1 nitrogen and oxygen atoms in total. The Labute approximate surface area is 122 Å². The Balaban J connectivity index is 2.05. The standard InChI is InChI=1S/C15H14Cl2FN/c16-9-12(7-11-1-3-14(18)4-2-11)8-13-5-6-19-10-15(13)17/h1-6,10,12H,7-9H2. The summed E-state index contributed by atoms with van der Waals surface area (Å²) in [6.45, 7) is 0. The molecule has 0 N–H and O–H groups in total. The zero-order valence-electron chi connectivity index (χ0n) is 10.3. The van der Waals surface area contributed by atoms with Crippen LogP contribution in [0.4, 0.5) is 4.39 Å². The molecule has 19 heavy (non-hydrogen) atoms. The number of hydrogen-bond acceptors (Lipinski definition) is 1. The van der Waals surface area contributed by atoms with E-state index in [1.54, 1.807) is 24.5 Å². The normalized spacial score (nSPS) is 12.4. The Morgan fingerprint density at radius 1 is 1.11 bits per heavy atom. The Morgan fingerprint density at radius 3 is 2.47 bits per heavy atom. The van der Waals surface area contributed by atoms with Crippen molar-refractivity contribution in [2.75, 3.05) is 5.88 Å². The Hall–Kier alpha value is -1.12. The first-order valence-electron chi connectivity index (χ1n) is 6.08. The third kappa shape index (κ3) is 4.19. The summed E-state index contributed by atoms with van der Waals surface area (Å²) < 4.78 is 12.9. The van der Waals surface area contributed by atoms with Gasteiger partial charge >= 0.3 is 0 Å². The summed E-state index contributed by atoms with van der Waals surface area (Å²) in [5.74, 6) is 0.589. The van der Waals surface area contributed by atoms with Crippen LogP contribution in [-0.2, 0) is 12.8 Å². The lowest BCUT2D eigenvalue weighted by Crippen LogP contribution is -2.10. The van der Waals surface area contributed by atoms with Crippen LogP contribution in [0.3, 0.4) is 0 Å². The predicted molar refractivity (Wildman–Crippen MR) is 77.3 cm³/mol. The average molecular weight is 298 g/mol. The van der Waals surface area contributed by atoms with Crippen LogP contribution in [0.2, 0.25) is 5.02 Å². The largest absolute Gasteiger partial charge is 0.263 e. The van der Waals surface area contributed by atoms with Gasteiger partial charge in [0.05, 0.1) is 5.02 Å². The summed E-state index contributed by atoms with van der Waals surface area (Å²) in [4.78, 5) is 3.97. The van der Waals surface area contributed by atoms with Crippen LogP contribution < -0.4 is 0 Å². The first-order chi connectivity index (χ1) is 9.19. The number of halogens is 3. The quantitative estimate of drug-likeness (QED) is 0.740. The molecule has 1 aromatic heterocycles. The highest BCUT2D eigenvalue weighted by atomic mass is 35.5. The van der Waals surface area contributed by atoms with Crippen LogP contribution in [0.1, 0.15) is 11.1 Å². The lowest BCUT2D eigenvalue weighted by molar-refractivity contribution is 0.581. The molecule has 1 heterocycles. The number of hydrogen-bond donors (Lipinski definition) is 0. The van der Waals surface area contributed by atoms with Gasteiger partial charge in [-0.3, -0.25) is 4.98 Å². The van der Waals surface area contributed by atoms with Crippen molar-refractivity contribution in [2.24, 2.45) is 5.92 Å². The van der Waals surface area contributed by atoms with Crippen molar-refractivity contribution in [2.45, 2.75) is 12.8 Å². The fraction of sp³-hybridized carbons (Fsp3) is 0.267. The van der Waals surface area contributed by atoms with Gasteiger partial charge in [0.1, 0.15) is 5.82 Å². The van der Waals surface area contributed by atoms with Crippen molar-refractivity contribution >= 4 is 23.2 Å². The van der Waals surface area contributed by atoms with E-state index >= 15 is 0 Å². The minimum atomic E-state index is -0.219. The SMILES string of the molecule is Fc1ccc(CC(CCl)Cc2ccncc2Cl)cc1. The van der Waals surface area contributed by atoms with Crippen molar-refractivity contribution in [3.05, 3.63) is 64.7 Å². The third-order valence-electron chi connectivity index (χ3n) is 3.02. The van der Waals surface area contributed by atoms with Gasteiger partial charge in [-0.15, -0.1) is 11.6 Å². The molecular formula is C15H14Cl2FN. The topological polar surface area (TPSA) is 12.9 Å². The zero-order chi connectivity index (χ0) is 13.7. The van der Waals surface area contributed by atoms with Gasteiger partial charge in [-0.1, -0.05) is 23.7 Å². The van der Waals surface area contributed by atoms with Gasteiger partial charge in [-0.05, 0) is 48.1 Å². The molecule has 1 atom stereocenters. The lowest BCUT2D eigenvalue weighted by atomic mass is 9.94. The number of pyridine rings is 1. The number of aromatic nitrogens is 1. The van der Waals surface area contributed by atoms with Crippen LogP contribution in [0.25, 0.3) is 0 Å². The number of nitrogens with zero attached hydrogens (tertiary/aromatic N) is 1. The summed E-state index contributed by atoms with van der Waals surface area (Å²) in [6, 6.07) is 8.44. The van der Waals surface area contributed by atoms with E-state index < -0.39 is 0 Å². The van der Waals surface area contributed by atoms with Gasteiger partial charge in [-0.25, -0.2) is 4.39 Å². The van der Waals surface area contributed by atoms with E-state index in [-0.39, 0.29) is 11.7 Å². The Bertz CT molecular complexity index is 528. The van der Waals surface area contributed by atoms with Gasteiger partial charge in [-0.2, -0.15) is 0 Å². The van der Waals surface area contributed by atoms with E-state index in [1.807, 2.05) is 6.07 Å². The molecule has 4 heteroatoms. The van der Waals surface area contributed by atoms with Gasteiger partial charge in [0.25, 0.3) is 0 Å². The molecule has 0 spiro atoms. The van der Waals surface area contributed by atoms with E-state index in [0.717, 1.165) is 24.0 Å². The maximum atomic E-state index is 12.9. The second-order valence-electron chi connectivity index (χ2n) is 4.52. The lowest BCUT2D eigenvalue weighted by Gasteiger charge is -2.14. The van der Waals surface area contributed by atoms with Crippen molar-refractivity contribution in [1.29, 1.82) is 0 Å². The molecule has 0 aliphatic carbocycles.